The molecule has 0 radical (unpaired) electrons. The van der Waals surface area contributed by atoms with E-state index in [1.807, 2.05) is 37.5 Å². The smallest absolute Gasteiger partial charge is 0.224 e. The molecule has 0 bridgehead atoms. The van der Waals surface area contributed by atoms with Crippen LogP contribution in [0.3, 0.4) is 0 Å². The summed E-state index contributed by atoms with van der Waals surface area (Å²) in [6.45, 7) is 3.31. The lowest BCUT2D eigenvalue weighted by Crippen LogP contribution is -2.52. The zero-order valence-corrected chi connectivity index (χ0v) is 16.6. The third kappa shape index (κ3) is 4.09. The van der Waals surface area contributed by atoms with E-state index in [1.54, 1.807) is 0 Å². The van der Waals surface area contributed by atoms with E-state index in [2.05, 4.69) is 43.7 Å². The number of nitrogens with zero attached hydrogens (tertiary/aromatic N) is 4. The highest BCUT2D eigenvalue weighted by atomic mass is 16.1. The minimum Gasteiger partial charge on any atom is -0.379 e. The molecule has 3 heterocycles. The summed E-state index contributed by atoms with van der Waals surface area (Å²) in [5, 5.41) is 6.80. The summed E-state index contributed by atoms with van der Waals surface area (Å²) in [7, 11) is 3.88. The molecule has 0 aliphatic carbocycles. The molecule has 2 aromatic rings. The van der Waals surface area contributed by atoms with Crippen LogP contribution in [0, 0.1) is 0 Å². The minimum absolute atomic E-state index is 0.128. The Balaban J connectivity index is 1.43. The summed E-state index contributed by atoms with van der Waals surface area (Å²) >= 11 is 0. The molecular weight excluding hydrogens is 352 g/mol. The van der Waals surface area contributed by atoms with E-state index in [4.69, 9.17) is 0 Å². The van der Waals surface area contributed by atoms with Crippen molar-refractivity contribution in [3.63, 3.8) is 0 Å². The van der Waals surface area contributed by atoms with Gasteiger partial charge in [0.15, 0.2) is 0 Å². The van der Waals surface area contributed by atoms with Gasteiger partial charge in [-0.2, -0.15) is 0 Å². The van der Waals surface area contributed by atoms with Crippen molar-refractivity contribution in [2.45, 2.75) is 37.9 Å². The Bertz CT molecular complexity index is 827. The Morgan fingerprint density at radius 1 is 1.14 bits per heavy atom. The fraction of sp³-hybridized carbons (Fsp3) is 0.476. The van der Waals surface area contributed by atoms with Crippen molar-refractivity contribution >= 4 is 17.5 Å². The van der Waals surface area contributed by atoms with Gasteiger partial charge < -0.3 is 15.5 Å². The van der Waals surface area contributed by atoms with E-state index in [1.165, 1.54) is 0 Å². The highest BCUT2D eigenvalue weighted by Gasteiger charge is 2.37. The molecule has 2 aliphatic heterocycles. The molecule has 1 fully saturated rings. The van der Waals surface area contributed by atoms with E-state index >= 15 is 0 Å². The number of fused-ring (bicyclic) bond motifs is 1. The molecule has 0 saturated carbocycles. The maximum Gasteiger partial charge on any atom is 0.224 e. The number of amides is 1. The van der Waals surface area contributed by atoms with Crippen LogP contribution in [0.4, 0.5) is 11.6 Å². The van der Waals surface area contributed by atoms with E-state index in [0.717, 1.165) is 55.2 Å². The van der Waals surface area contributed by atoms with E-state index < -0.39 is 0 Å². The standard InChI is InChI=1S/C21H28N6O/c1-26(2)20-23-12-16(13-24-20)15-27-9-7-21(8-10-27)11-19(28)22-14-17-5-3-4-6-18(17)25-21/h3-6,12-13,25H,7-11,14-15H2,1-2H3,(H,22,28). The van der Waals surface area contributed by atoms with E-state index in [-0.39, 0.29) is 11.4 Å². The quantitative estimate of drug-likeness (QED) is 0.849. The Kier molecular flexibility index (Phi) is 5.17. The van der Waals surface area contributed by atoms with Gasteiger partial charge in [0, 0.05) is 75.9 Å². The zero-order valence-electron chi connectivity index (χ0n) is 16.6. The number of aromatic nitrogens is 2. The highest BCUT2D eigenvalue weighted by molar-refractivity contribution is 5.79. The van der Waals surface area contributed by atoms with Crippen molar-refractivity contribution in [2.75, 3.05) is 37.4 Å². The first-order chi connectivity index (χ1) is 13.5. The molecule has 2 N–H and O–H groups in total. The first kappa shape index (κ1) is 18.7. The Hall–Kier alpha value is -2.67. The van der Waals surface area contributed by atoms with Crippen molar-refractivity contribution in [2.24, 2.45) is 0 Å². The minimum atomic E-state index is -0.178. The van der Waals surface area contributed by atoms with Gasteiger partial charge in [-0.15, -0.1) is 0 Å². The van der Waals surface area contributed by atoms with Crippen molar-refractivity contribution in [1.29, 1.82) is 0 Å². The topological polar surface area (TPSA) is 73.4 Å². The van der Waals surface area contributed by atoms with Gasteiger partial charge in [0.25, 0.3) is 0 Å². The number of hydrogen-bond acceptors (Lipinski definition) is 6. The lowest BCUT2D eigenvalue weighted by molar-refractivity contribution is -0.122. The third-order valence-corrected chi connectivity index (χ3v) is 5.70. The van der Waals surface area contributed by atoms with Crippen molar-refractivity contribution in [1.82, 2.24) is 20.2 Å². The number of hydrogen-bond donors (Lipinski definition) is 2. The molecule has 1 saturated heterocycles. The second-order valence-corrected chi connectivity index (χ2v) is 8.08. The highest BCUT2D eigenvalue weighted by Crippen LogP contribution is 2.33. The summed E-state index contributed by atoms with van der Waals surface area (Å²) in [5.41, 5.74) is 3.23. The maximum atomic E-state index is 12.4. The Labute approximate surface area is 166 Å². The molecule has 1 amide bonds. The number of anilines is 2. The number of carbonyl (C=O) groups is 1. The van der Waals surface area contributed by atoms with Crippen LogP contribution in [0.25, 0.3) is 0 Å². The Morgan fingerprint density at radius 2 is 1.86 bits per heavy atom. The second kappa shape index (κ2) is 7.75. The van der Waals surface area contributed by atoms with Crippen LogP contribution >= 0.6 is 0 Å². The summed E-state index contributed by atoms with van der Waals surface area (Å²) in [5.74, 6) is 0.855. The van der Waals surface area contributed by atoms with Crippen molar-refractivity contribution in [3.05, 3.63) is 47.8 Å². The average Bonchev–Trinajstić information content (AvgIpc) is 2.68. The fourth-order valence-electron chi connectivity index (χ4n) is 4.05. The number of para-hydroxylation sites is 1. The van der Waals surface area contributed by atoms with Crippen LogP contribution in [-0.4, -0.2) is 53.5 Å². The van der Waals surface area contributed by atoms with Crippen LogP contribution < -0.4 is 15.5 Å². The van der Waals surface area contributed by atoms with Gasteiger partial charge >= 0.3 is 0 Å². The van der Waals surface area contributed by atoms with Crippen LogP contribution in [0.15, 0.2) is 36.7 Å². The molecule has 0 unspecified atom stereocenters. The van der Waals surface area contributed by atoms with Crippen LogP contribution in [0.1, 0.15) is 30.4 Å². The van der Waals surface area contributed by atoms with Crippen molar-refractivity contribution in [3.8, 4) is 0 Å². The summed E-state index contributed by atoms with van der Waals surface area (Å²) < 4.78 is 0. The van der Waals surface area contributed by atoms with Crippen LogP contribution in [0.2, 0.25) is 0 Å². The van der Waals surface area contributed by atoms with Gasteiger partial charge in [-0.25, -0.2) is 9.97 Å². The van der Waals surface area contributed by atoms with Crippen LogP contribution in [0.5, 0.6) is 0 Å². The van der Waals surface area contributed by atoms with Gasteiger partial charge in [-0.1, -0.05) is 18.2 Å². The maximum absolute atomic E-state index is 12.4. The monoisotopic (exact) mass is 380 g/mol. The predicted molar refractivity (Wildman–Crippen MR) is 110 cm³/mol. The summed E-state index contributed by atoms with van der Waals surface area (Å²) in [6.07, 6.45) is 6.21. The van der Waals surface area contributed by atoms with Gasteiger partial charge in [0.05, 0.1) is 0 Å². The largest absolute Gasteiger partial charge is 0.379 e. The van der Waals surface area contributed by atoms with Gasteiger partial charge in [0.2, 0.25) is 11.9 Å². The van der Waals surface area contributed by atoms with Gasteiger partial charge in [-0.05, 0) is 24.5 Å². The molecule has 7 heteroatoms. The molecule has 1 aromatic carbocycles. The van der Waals surface area contributed by atoms with Gasteiger partial charge in [0.1, 0.15) is 0 Å². The molecular formula is C21H28N6O. The van der Waals surface area contributed by atoms with E-state index in [9.17, 15) is 4.79 Å². The SMILES string of the molecule is CN(C)c1ncc(CN2CCC3(CC2)CC(=O)NCc2ccccc2N3)cn1. The molecule has 148 valence electrons. The van der Waals surface area contributed by atoms with Crippen molar-refractivity contribution < 1.29 is 4.79 Å². The van der Waals surface area contributed by atoms with Crippen LogP contribution in [-0.2, 0) is 17.9 Å². The summed E-state index contributed by atoms with van der Waals surface area (Å²) in [6, 6.07) is 8.27. The fourth-order valence-corrected chi connectivity index (χ4v) is 4.05. The lowest BCUT2D eigenvalue weighted by atomic mass is 9.82. The molecule has 28 heavy (non-hydrogen) atoms. The van der Waals surface area contributed by atoms with Gasteiger partial charge in [-0.3, -0.25) is 9.69 Å². The molecule has 4 rings (SSSR count). The number of likely N-dealkylation sites (tertiary alicyclic amines) is 1. The average molecular weight is 380 g/mol. The molecule has 1 spiro atoms. The lowest BCUT2D eigenvalue weighted by Gasteiger charge is -2.44. The number of nitrogens with one attached hydrogen (secondary N) is 2. The molecule has 1 aromatic heterocycles. The number of rotatable bonds is 3. The normalized spacial score (nSPS) is 19.1. The number of carbonyl (C=O) groups excluding carboxylic acids is 1. The molecule has 7 nitrogen and oxygen atoms in total. The number of benzene rings is 1. The summed E-state index contributed by atoms with van der Waals surface area (Å²) in [4.78, 5) is 25.5. The van der Waals surface area contributed by atoms with E-state index in [0.29, 0.717) is 13.0 Å². The first-order valence-electron chi connectivity index (χ1n) is 9.86. The molecule has 2 aliphatic rings. The zero-order chi connectivity index (χ0) is 19.6. The first-order valence-corrected chi connectivity index (χ1v) is 9.86. The predicted octanol–water partition coefficient (Wildman–Crippen LogP) is 2.01. The second-order valence-electron chi connectivity index (χ2n) is 8.08. The third-order valence-electron chi connectivity index (χ3n) is 5.70. The Morgan fingerprint density at radius 3 is 2.57 bits per heavy atom. The molecule has 0 atom stereocenters. The number of piperidine rings is 1.